The van der Waals surface area contributed by atoms with Gasteiger partial charge in [-0.3, -0.25) is 10.1 Å². The van der Waals surface area contributed by atoms with Crippen molar-refractivity contribution in [2.24, 2.45) is 5.92 Å². The molecule has 3 nitrogen and oxygen atoms in total. The number of halogens is 2. The van der Waals surface area contributed by atoms with Gasteiger partial charge in [0, 0.05) is 6.54 Å². The van der Waals surface area contributed by atoms with Crippen LogP contribution in [-0.4, -0.2) is 23.4 Å². The largest absolute Gasteiger partial charge is 0.322 e. The SMILES string of the molecule is CC1NC(c2ccc(F)c(F)c2)N(CCC2CC2)C1=O. The molecule has 20 heavy (non-hydrogen) atoms. The molecule has 0 bridgehead atoms. The molecule has 1 aromatic rings. The Morgan fingerprint density at radius 2 is 2.05 bits per heavy atom. The number of nitrogens with one attached hydrogen (secondary N) is 1. The van der Waals surface area contributed by atoms with Crippen LogP contribution >= 0.6 is 0 Å². The number of hydrogen-bond donors (Lipinski definition) is 1. The lowest BCUT2D eigenvalue weighted by Gasteiger charge is -2.24. The predicted octanol–water partition coefficient (Wildman–Crippen LogP) is 2.58. The fourth-order valence-electron chi connectivity index (χ4n) is 2.70. The third kappa shape index (κ3) is 2.54. The van der Waals surface area contributed by atoms with Crippen LogP contribution < -0.4 is 5.32 Å². The first-order chi connectivity index (χ1) is 9.56. The maximum atomic E-state index is 13.4. The zero-order valence-corrected chi connectivity index (χ0v) is 11.4. The van der Waals surface area contributed by atoms with E-state index in [-0.39, 0.29) is 18.1 Å². The number of carbonyl (C=O) groups excluding carboxylic acids is 1. The molecule has 1 saturated heterocycles. The van der Waals surface area contributed by atoms with Gasteiger partial charge in [0.2, 0.25) is 5.91 Å². The van der Waals surface area contributed by atoms with Crippen molar-refractivity contribution in [3.05, 3.63) is 35.4 Å². The zero-order valence-electron chi connectivity index (χ0n) is 11.4. The number of rotatable bonds is 4. The van der Waals surface area contributed by atoms with Crippen LogP contribution in [0.25, 0.3) is 0 Å². The molecule has 1 heterocycles. The second kappa shape index (κ2) is 5.13. The summed E-state index contributed by atoms with van der Waals surface area (Å²) in [6.45, 7) is 2.47. The number of carbonyl (C=O) groups is 1. The number of amides is 1. The molecule has 2 atom stereocenters. The summed E-state index contributed by atoms with van der Waals surface area (Å²) in [6, 6.07) is 3.53. The lowest BCUT2D eigenvalue weighted by Crippen LogP contribution is -2.31. The fraction of sp³-hybridized carbons (Fsp3) is 0.533. The molecule has 108 valence electrons. The van der Waals surface area contributed by atoms with Gasteiger partial charge in [0.05, 0.1) is 6.04 Å². The second-order valence-electron chi connectivity index (χ2n) is 5.73. The monoisotopic (exact) mass is 280 g/mol. The highest BCUT2D eigenvalue weighted by molar-refractivity contribution is 5.84. The molecule has 1 saturated carbocycles. The van der Waals surface area contributed by atoms with Gasteiger partial charge in [-0.05, 0) is 37.0 Å². The van der Waals surface area contributed by atoms with Gasteiger partial charge >= 0.3 is 0 Å². The minimum atomic E-state index is -0.876. The predicted molar refractivity (Wildman–Crippen MR) is 70.8 cm³/mol. The number of hydrogen-bond acceptors (Lipinski definition) is 2. The highest BCUT2D eigenvalue weighted by atomic mass is 19.2. The van der Waals surface area contributed by atoms with E-state index in [1.807, 2.05) is 0 Å². The highest BCUT2D eigenvalue weighted by Gasteiger charge is 2.38. The first-order valence-electron chi connectivity index (χ1n) is 7.07. The average Bonchev–Trinajstić information content (AvgIpc) is 3.20. The maximum absolute atomic E-state index is 13.4. The molecular formula is C15H18F2N2O. The number of benzene rings is 1. The first kappa shape index (κ1) is 13.5. The van der Waals surface area contributed by atoms with Crippen LogP contribution in [0, 0.1) is 17.6 Å². The molecule has 1 aromatic carbocycles. The topological polar surface area (TPSA) is 32.3 Å². The van der Waals surface area contributed by atoms with Crippen molar-refractivity contribution in [2.45, 2.75) is 38.4 Å². The molecule has 0 spiro atoms. The standard InChI is InChI=1S/C15H18F2N2O/c1-9-15(20)19(7-6-10-2-3-10)14(18-9)11-4-5-12(16)13(17)8-11/h4-5,8-10,14,18H,2-3,6-7H2,1H3. The van der Waals surface area contributed by atoms with E-state index in [1.54, 1.807) is 11.8 Å². The van der Waals surface area contributed by atoms with Gasteiger partial charge in [0.15, 0.2) is 11.6 Å². The van der Waals surface area contributed by atoms with E-state index < -0.39 is 11.6 Å². The minimum Gasteiger partial charge on any atom is -0.322 e. The summed E-state index contributed by atoms with van der Waals surface area (Å²) in [7, 11) is 0. The van der Waals surface area contributed by atoms with Crippen molar-refractivity contribution in [2.75, 3.05) is 6.54 Å². The third-order valence-corrected chi connectivity index (χ3v) is 4.11. The molecule has 0 radical (unpaired) electrons. The molecule has 0 aromatic heterocycles. The van der Waals surface area contributed by atoms with Gasteiger partial charge in [-0.15, -0.1) is 0 Å². The summed E-state index contributed by atoms with van der Waals surface area (Å²) in [4.78, 5) is 13.9. The van der Waals surface area contributed by atoms with Gasteiger partial charge < -0.3 is 4.90 Å². The Hall–Kier alpha value is -1.49. The smallest absolute Gasteiger partial charge is 0.241 e. The van der Waals surface area contributed by atoms with E-state index in [1.165, 1.54) is 25.0 Å². The van der Waals surface area contributed by atoms with E-state index in [9.17, 15) is 13.6 Å². The molecule has 2 fully saturated rings. The lowest BCUT2D eigenvalue weighted by molar-refractivity contribution is -0.129. The molecule has 2 aliphatic rings. The Morgan fingerprint density at radius 3 is 2.70 bits per heavy atom. The van der Waals surface area contributed by atoms with E-state index in [4.69, 9.17) is 0 Å². The van der Waals surface area contributed by atoms with Gasteiger partial charge in [-0.1, -0.05) is 18.9 Å². The minimum absolute atomic E-state index is 0.0281. The van der Waals surface area contributed by atoms with Crippen LogP contribution in [0.5, 0.6) is 0 Å². The molecule has 1 aliphatic heterocycles. The summed E-state index contributed by atoms with van der Waals surface area (Å²) < 4.78 is 26.4. The molecule has 2 unspecified atom stereocenters. The van der Waals surface area contributed by atoms with Crippen molar-refractivity contribution in [3.63, 3.8) is 0 Å². The highest BCUT2D eigenvalue weighted by Crippen LogP contribution is 2.34. The Morgan fingerprint density at radius 1 is 1.30 bits per heavy atom. The van der Waals surface area contributed by atoms with Crippen molar-refractivity contribution in [3.8, 4) is 0 Å². The molecule has 5 heteroatoms. The van der Waals surface area contributed by atoms with Crippen molar-refractivity contribution >= 4 is 5.91 Å². The van der Waals surface area contributed by atoms with Crippen LogP contribution in [0.3, 0.4) is 0 Å². The quantitative estimate of drug-likeness (QED) is 0.919. The van der Waals surface area contributed by atoms with Crippen molar-refractivity contribution in [1.82, 2.24) is 10.2 Å². The Kier molecular flexibility index (Phi) is 3.46. The van der Waals surface area contributed by atoms with Crippen LogP contribution in [0.15, 0.2) is 18.2 Å². The summed E-state index contributed by atoms with van der Waals surface area (Å²) in [6.07, 6.45) is 3.11. The van der Waals surface area contributed by atoms with E-state index in [0.29, 0.717) is 12.1 Å². The van der Waals surface area contributed by atoms with Gasteiger partial charge in [-0.2, -0.15) is 0 Å². The first-order valence-corrected chi connectivity index (χ1v) is 7.07. The molecule has 1 N–H and O–H groups in total. The average molecular weight is 280 g/mol. The molecule has 3 rings (SSSR count). The normalized spacial score (nSPS) is 26.4. The summed E-state index contributed by atoms with van der Waals surface area (Å²) in [5.41, 5.74) is 0.595. The lowest BCUT2D eigenvalue weighted by atomic mass is 10.1. The van der Waals surface area contributed by atoms with Gasteiger partial charge in [0.1, 0.15) is 6.17 Å². The number of nitrogens with zero attached hydrogens (tertiary/aromatic N) is 1. The Balaban J connectivity index is 1.80. The van der Waals surface area contributed by atoms with E-state index in [2.05, 4.69) is 5.32 Å². The second-order valence-corrected chi connectivity index (χ2v) is 5.73. The Labute approximate surface area is 117 Å². The zero-order chi connectivity index (χ0) is 14.3. The third-order valence-electron chi connectivity index (χ3n) is 4.11. The molecule has 1 aliphatic carbocycles. The fourth-order valence-corrected chi connectivity index (χ4v) is 2.70. The summed E-state index contributed by atoms with van der Waals surface area (Å²) >= 11 is 0. The van der Waals surface area contributed by atoms with Crippen LogP contribution in [0.2, 0.25) is 0 Å². The van der Waals surface area contributed by atoms with E-state index in [0.717, 1.165) is 18.4 Å². The van der Waals surface area contributed by atoms with E-state index >= 15 is 0 Å². The van der Waals surface area contributed by atoms with Crippen LogP contribution in [0.1, 0.15) is 37.9 Å². The van der Waals surface area contributed by atoms with Crippen molar-refractivity contribution in [1.29, 1.82) is 0 Å². The maximum Gasteiger partial charge on any atom is 0.241 e. The summed E-state index contributed by atoms with van der Waals surface area (Å²) in [5.74, 6) is -0.987. The van der Waals surface area contributed by atoms with Crippen molar-refractivity contribution < 1.29 is 13.6 Å². The van der Waals surface area contributed by atoms with Gasteiger partial charge in [-0.25, -0.2) is 8.78 Å². The molecule has 1 amide bonds. The Bertz CT molecular complexity index is 531. The van der Waals surface area contributed by atoms with Crippen LogP contribution in [-0.2, 0) is 4.79 Å². The van der Waals surface area contributed by atoms with Gasteiger partial charge in [0.25, 0.3) is 0 Å². The van der Waals surface area contributed by atoms with Crippen LogP contribution in [0.4, 0.5) is 8.78 Å². The molecular weight excluding hydrogens is 262 g/mol. The summed E-state index contributed by atoms with van der Waals surface area (Å²) in [5, 5.41) is 3.15.